The maximum atomic E-state index is 9.90. The molecule has 3 aromatic rings. The van der Waals surface area contributed by atoms with Gasteiger partial charge in [-0.25, -0.2) is 0 Å². The van der Waals surface area contributed by atoms with Crippen LogP contribution in [0.3, 0.4) is 0 Å². The van der Waals surface area contributed by atoms with Gasteiger partial charge in [-0.15, -0.1) is 0 Å². The maximum absolute atomic E-state index is 9.90. The number of phenols is 2. The van der Waals surface area contributed by atoms with E-state index in [9.17, 15) is 10.2 Å². The summed E-state index contributed by atoms with van der Waals surface area (Å²) in [7, 11) is 3.03. The first-order valence-corrected chi connectivity index (χ1v) is 7.13. The number of pyridine rings is 1. The summed E-state index contributed by atoms with van der Waals surface area (Å²) in [6.07, 6.45) is 2.28. The monoisotopic (exact) mass is 311 g/mol. The summed E-state index contributed by atoms with van der Waals surface area (Å²) >= 11 is 0. The van der Waals surface area contributed by atoms with Crippen LogP contribution in [0.1, 0.15) is 11.3 Å². The Morgan fingerprint density at radius 2 is 1.65 bits per heavy atom. The summed E-state index contributed by atoms with van der Waals surface area (Å²) in [6.45, 7) is 0. The molecule has 3 rings (SSSR count). The molecule has 2 N–H and O–H groups in total. The molecular formula is C18H17NO4. The molecule has 23 heavy (non-hydrogen) atoms. The summed E-state index contributed by atoms with van der Waals surface area (Å²) in [4.78, 5) is 4.44. The molecule has 5 heteroatoms. The highest BCUT2D eigenvalue weighted by atomic mass is 16.5. The SMILES string of the molecule is COc1cc(Cc2nccc3cc(O)c(OC)cc23)ccc1O. The second kappa shape index (κ2) is 6.04. The number of aromatic nitrogens is 1. The van der Waals surface area contributed by atoms with Crippen molar-refractivity contribution in [2.24, 2.45) is 0 Å². The van der Waals surface area contributed by atoms with E-state index in [-0.39, 0.29) is 11.5 Å². The summed E-state index contributed by atoms with van der Waals surface area (Å²) in [5.41, 5.74) is 1.82. The van der Waals surface area contributed by atoms with Crippen LogP contribution in [0.25, 0.3) is 10.8 Å². The van der Waals surface area contributed by atoms with Crippen molar-refractivity contribution in [3.05, 3.63) is 53.9 Å². The van der Waals surface area contributed by atoms with Crippen LogP contribution in [0.5, 0.6) is 23.0 Å². The Bertz CT molecular complexity index is 861. The molecule has 0 aliphatic rings. The first-order valence-electron chi connectivity index (χ1n) is 7.13. The zero-order valence-electron chi connectivity index (χ0n) is 12.9. The number of phenolic OH excluding ortho intramolecular Hbond substituents is 2. The van der Waals surface area contributed by atoms with Gasteiger partial charge in [0.25, 0.3) is 0 Å². The number of ether oxygens (including phenoxy) is 2. The molecule has 0 amide bonds. The van der Waals surface area contributed by atoms with E-state index < -0.39 is 0 Å². The second-order valence-electron chi connectivity index (χ2n) is 5.19. The molecular weight excluding hydrogens is 294 g/mol. The van der Waals surface area contributed by atoms with E-state index >= 15 is 0 Å². The Morgan fingerprint density at radius 3 is 2.39 bits per heavy atom. The maximum Gasteiger partial charge on any atom is 0.161 e. The standard InChI is InChI=1S/C18H17NO4/c1-22-17-8-11(3-4-15(17)20)7-14-13-10-18(23-2)16(21)9-12(13)5-6-19-14/h3-6,8-10,20-21H,7H2,1-2H3. The molecule has 0 saturated heterocycles. The number of aromatic hydroxyl groups is 2. The minimum atomic E-state index is 0.100. The van der Waals surface area contributed by atoms with Crippen molar-refractivity contribution < 1.29 is 19.7 Å². The molecule has 0 unspecified atom stereocenters. The largest absolute Gasteiger partial charge is 0.504 e. The fourth-order valence-corrected chi connectivity index (χ4v) is 2.58. The molecule has 0 radical (unpaired) electrons. The van der Waals surface area contributed by atoms with Crippen LogP contribution in [0.15, 0.2) is 42.6 Å². The lowest BCUT2D eigenvalue weighted by Crippen LogP contribution is -1.95. The van der Waals surface area contributed by atoms with Gasteiger partial charge in [0, 0.05) is 18.0 Å². The number of rotatable bonds is 4. The molecule has 1 heterocycles. The van der Waals surface area contributed by atoms with Gasteiger partial charge in [-0.1, -0.05) is 6.07 Å². The molecule has 0 bridgehead atoms. The van der Waals surface area contributed by atoms with Crippen molar-refractivity contribution >= 4 is 10.8 Å². The van der Waals surface area contributed by atoms with E-state index in [4.69, 9.17) is 9.47 Å². The van der Waals surface area contributed by atoms with Crippen molar-refractivity contribution in [3.8, 4) is 23.0 Å². The van der Waals surface area contributed by atoms with Gasteiger partial charge in [-0.3, -0.25) is 4.98 Å². The van der Waals surface area contributed by atoms with Crippen LogP contribution < -0.4 is 9.47 Å². The number of methoxy groups -OCH3 is 2. The summed E-state index contributed by atoms with van der Waals surface area (Å²) < 4.78 is 10.3. The molecule has 5 nitrogen and oxygen atoms in total. The first-order chi connectivity index (χ1) is 11.1. The van der Waals surface area contributed by atoms with Crippen LogP contribution in [0.4, 0.5) is 0 Å². The van der Waals surface area contributed by atoms with E-state index in [1.165, 1.54) is 14.2 Å². The van der Waals surface area contributed by atoms with Crippen molar-refractivity contribution in [2.45, 2.75) is 6.42 Å². The quantitative estimate of drug-likeness (QED) is 0.774. The fourth-order valence-electron chi connectivity index (χ4n) is 2.58. The van der Waals surface area contributed by atoms with Crippen LogP contribution in [-0.2, 0) is 6.42 Å². The van der Waals surface area contributed by atoms with E-state index in [1.807, 2.05) is 12.1 Å². The zero-order valence-corrected chi connectivity index (χ0v) is 12.9. The lowest BCUT2D eigenvalue weighted by Gasteiger charge is -2.10. The average Bonchev–Trinajstić information content (AvgIpc) is 2.56. The average molecular weight is 311 g/mol. The van der Waals surface area contributed by atoms with Crippen LogP contribution >= 0.6 is 0 Å². The van der Waals surface area contributed by atoms with Crippen molar-refractivity contribution in [1.29, 1.82) is 0 Å². The van der Waals surface area contributed by atoms with E-state index in [1.54, 1.807) is 30.5 Å². The highest BCUT2D eigenvalue weighted by Crippen LogP contribution is 2.33. The molecule has 0 saturated carbocycles. The lowest BCUT2D eigenvalue weighted by molar-refractivity contribution is 0.373. The number of nitrogens with zero attached hydrogens (tertiary/aromatic N) is 1. The van der Waals surface area contributed by atoms with E-state index in [0.717, 1.165) is 22.0 Å². The molecule has 0 fully saturated rings. The van der Waals surface area contributed by atoms with Gasteiger partial charge in [0.2, 0.25) is 0 Å². The van der Waals surface area contributed by atoms with Gasteiger partial charge in [0.15, 0.2) is 23.0 Å². The Morgan fingerprint density at radius 1 is 0.913 bits per heavy atom. The van der Waals surface area contributed by atoms with Crippen molar-refractivity contribution in [1.82, 2.24) is 4.98 Å². The van der Waals surface area contributed by atoms with Crippen LogP contribution in [0.2, 0.25) is 0 Å². The topological polar surface area (TPSA) is 71.8 Å². The third-order valence-electron chi connectivity index (χ3n) is 3.76. The predicted octanol–water partition coefficient (Wildman–Crippen LogP) is 3.25. The van der Waals surface area contributed by atoms with E-state index in [2.05, 4.69) is 4.98 Å². The zero-order chi connectivity index (χ0) is 16.4. The fraction of sp³-hybridized carbons (Fsp3) is 0.167. The van der Waals surface area contributed by atoms with E-state index in [0.29, 0.717) is 17.9 Å². The predicted molar refractivity (Wildman–Crippen MR) is 87.4 cm³/mol. The molecule has 0 spiro atoms. The highest BCUT2D eigenvalue weighted by Gasteiger charge is 2.10. The molecule has 0 atom stereocenters. The van der Waals surface area contributed by atoms with Gasteiger partial charge in [-0.2, -0.15) is 0 Å². The minimum Gasteiger partial charge on any atom is -0.504 e. The Labute approximate surface area is 133 Å². The summed E-state index contributed by atoms with van der Waals surface area (Å²) in [5.74, 6) is 1.05. The Balaban J connectivity index is 2.06. The third kappa shape index (κ3) is 2.85. The molecule has 0 aliphatic carbocycles. The smallest absolute Gasteiger partial charge is 0.161 e. The minimum absolute atomic E-state index is 0.100. The molecule has 1 aromatic heterocycles. The second-order valence-corrected chi connectivity index (χ2v) is 5.19. The van der Waals surface area contributed by atoms with Crippen molar-refractivity contribution in [2.75, 3.05) is 14.2 Å². The highest BCUT2D eigenvalue weighted by molar-refractivity contribution is 5.88. The third-order valence-corrected chi connectivity index (χ3v) is 3.76. The number of hydrogen-bond acceptors (Lipinski definition) is 5. The van der Waals surface area contributed by atoms with Gasteiger partial charge in [-0.05, 0) is 41.3 Å². The Kier molecular flexibility index (Phi) is 3.93. The van der Waals surface area contributed by atoms with Gasteiger partial charge >= 0.3 is 0 Å². The summed E-state index contributed by atoms with van der Waals surface area (Å²) in [6, 6.07) is 10.5. The van der Waals surface area contributed by atoms with Crippen LogP contribution in [0, 0.1) is 0 Å². The van der Waals surface area contributed by atoms with Crippen LogP contribution in [-0.4, -0.2) is 29.4 Å². The molecule has 2 aromatic carbocycles. The number of benzene rings is 2. The van der Waals surface area contributed by atoms with Gasteiger partial charge < -0.3 is 19.7 Å². The summed E-state index contributed by atoms with van der Waals surface area (Å²) in [5, 5.41) is 21.4. The van der Waals surface area contributed by atoms with Crippen molar-refractivity contribution in [3.63, 3.8) is 0 Å². The molecule has 118 valence electrons. The first kappa shape index (κ1) is 15.0. The van der Waals surface area contributed by atoms with Gasteiger partial charge in [0.1, 0.15) is 0 Å². The van der Waals surface area contributed by atoms with Gasteiger partial charge in [0.05, 0.1) is 19.9 Å². The normalized spacial score (nSPS) is 10.7. The number of hydrogen-bond donors (Lipinski definition) is 2. The lowest BCUT2D eigenvalue weighted by atomic mass is 10.0. The number of fused-ring (bicyclic) bond motifs is 1. The molecule has 0 aliphatic heterocycles. The Hall–Kier alpha value is -2.95.